The van der Waals surface area contributed by atoms with Crippen LogP contribution in [-0.4, -0.2) is 42.7 Å². The van der Waals surface area contributed by atoms with Gasteiger partial charge in [0.25, 0.3) is 0 Å². The highest BCUT2D eigenvalue weighted by Crippen LogP contribution is 2.20. The maximum atomic E-state index is 11.2. The number of nitrogens with zero attached hydrogens (tertiary/aromatic N) is 2. The highest BCUT2D eigenvalue weighted by Gasteiger charge is 2.23. The molecule has 1 aliphatic rings. The summed E-state index contributed by atoms with van der Waals surface area (Å²) < 4.78 is 0. The smallest absolute Gasteiger partial charge is 0.217 e. The molecule has 1 saturated heterocycles. The van der Waals surface area contributed by atoms with Crippen molar-refractivity contribution in [2.75, 3.05) is 25.9 Å². The van der Waals surface area contributed by atoms with Crippen molar-refractivity contribution >= 4 is 23.6 Å². The molecule has 5 nitrogen and oxygen atoms in total. The Balaban J connectivity index is 2.02. The first-order valence-electron chi connectivity index (χ1n) is 8.56. The lowest BCUT2D eigenvalue weighted by Crippen LogP contribution is -2.47. The van der Waals surface area contributed by atoms with Gasteiger partial charge in [0.15, 0.2) is 5.96 Å². The number of carbonyl (C=O) groups is 1. The number of benzene rings is 1. The lowest BCUT2D eigenvalue weighted by molar-refractivity contribution is -0.119. The maximum absolute atomic E-state index is 11.2. The summed E-state index contributed by atoms with van der Waals surface area (Å²) in [5, 5.41) is 3.37. The molecular weight excluding hydrogens is 320 g/mol. The van der Waals surface area contributed by atoms with Gasteiger partial charge in [-0.25, -0.2) is 4.99 Å². The van der Waals surface area contributed by atoms with E-state index >= 15 is 0 Å². The Kier molecular flexibility index (Phi) is 7.43. The van der Waals surface area contributed by atoms with E-state index < -0.39 is 0 Å². The summed E-state index contributed by atoms with van der Waals surface area (Å²) in [6, 6.07) is 8.52. The van der Waals surface area contributed by atoms with E-state index in [4.69, 9.17) is 10.7 Å². The van der Waals surface area contributed by atoms with Crippen LogP contribution in [0.25, 0.3) is 0 Å². The number of nitrogens with two attached hydrogens (primary N) is 1. The monoisotopic (exact) mass is 348 g/mol. The molecule has 0 bridgehead atoms. The van der Waals surface area contributed by atoms with Crippen LogP contribution in [0.4, 0.5) is 0 Å². The van der Waals surface area contributed by atoms with E-state index in [2.05, 4.69) is 47.7 Å². The van der Waals surface area contributed by atoms with Crippen LogP contribution in [0.15, 0.2) is 34.2 Å². The Morgan fingerprint density at radius 3 is 2.79 bits per heavy atom. The molecule has 1 aromatic carbocycles. The number of carbonyl (C=O) groups excluding carboxylic acids is 1. The van der Waals surface area contributed by atoms with Crippen LogP contribution in [0, 0.1) is 5.92 Å². The molecule has 1 amide bonds. The minimum Gasteiger partial charge on any atom is -0.370 e. The number of hydrogen-bond donors (Lipinski definition) is 2. The van der Waals surface area contributed by atoms with Gasteiger partial charge in [-0.3, -0.25) is 4.79 Å². The molecule has 0 aromatic heterocycles. The fourth-order valence-electron chi connectivity index (χ4n) is 3.03. The minimum absolute atomic E-state index is 0.210. The summed E-state index contributed by atoms with van der Waals surface area (Å²) >= 11 is 1.74. The number of aliphatic imine (C=N–C) groups is 1. The number of primary amides is 1. The van der Waals surface area contributed by atoms with Gasteiger partial charge in [-0.15, -0.1) is 11.8 Å². The van der Waals surface area contributed by atoms with Crippen molar-refractivity contribution in [2.24, 2.45) is 16.6 Å². The van der Waals surface area contributed by atoms with Gasteiger partial charge < -0.3 is 16.0 Å². The predicted octanol–water partition coefficient (Wildman–Crippen LogP) is 2.46. The molecule has 2 rings (SSSR count). The van der Waals surface area contributed by atoms with Crippen LogP contribution < -0.4 is 11.1 Å². The van der Waals surface area contributed by atoms with Gasteiger partial charge in [-0.2, -0.15) is 0 Å². The first-order chi connectivity index (χ1) is 11.6. The van der Waals surface area contributed by atoms with Gasteiger partial charge in [-0.05, 0) is 49.6 Å². The second-order valence-corrected chi connectivity index (χ2v) is 7.02. The zero-order chi connectivity index (χ0) is 17.4. The molecule has 1 unspecified atom stereocenters. The number of piperidine rings is 1. The van der Waals surface area contributed by atoms with Gasteiger partial charge >= 0.3 is 0 Å². The molecule has 132 valence electrons. The summed E-state index contributed by atoms with van der Waals surface area (Å²) in [6.07, 6.45) is 4.68. The van der Waals surface area contributed by atoms with Crippen molar-refractivity contribution < 1.29 is 4.79 Å². The van der Waals surface area contributed by atoms with Crippen LogP contribution in [0.2, 0.25) is 0 Å². The molecule has 1 aromatic rings. The highest BCUT2D eigenvalue weighted by atomic mass is 32.2. The molecule has 0 aliphatic carbocycles. The standard InChI is InChI=1S/C18H28N4OS/c1-3-20-18(21-12-14-6-8-16(24-2)9-7-14)22-10-4-5-15(13-22)11-17(19)23/h6-9,15H,3-5,10-13H2,1-2H3,(H2,19,23)(H,20,21). The number of amides is 1. The quantitative estimate of drug-likeness (QED) is 0.471. The summed E-state index contributed by atoms with van der Waals surface area (Å²) in [6.45, 7) is 5.40. The zero-order valence-corrected chi connectivity index (χ0v) is 15.4. The Morgan fingerprint density at radius 2 is 2.17 bits per heavy atom. The summed E-state index contributed by atoms with van der Waals surface area (Å²) in [5.41, 5.74) is 6.56. The lowest BCUT2D eigenvalue weighted by Gasteiger charge is -2.34. The van der Waals surface area contributed by atoms with Gasteiger partial charge in [0.05, 0.1) is 6.54 Å². The Morgan fingerprint density at radius 1 is 1.42 bits per heavy atom. The van der Waals surface area contributed by atoms with E-state index in [1.165, 1.54) is 10.5 Å². The van der Waals surface area contributed by atoms with E-state index in [0.29, 0.717) is 18.9 Å². The summed E-state index contributed by atoms with van der Waals surface area (Å²) in [7, 11) is 0. The Labute approximate surface area is 149 Å². The molecular formula is C18H28N4OS. The third-order valence-electron chi connectivity index (χ3n) is 4.21. The predicted molar refractivity (Wildman–Crippen MR) is 101 cm³/mol. The van der Waals surface area contributed by atoms with E-state index in [0.717, 1.165) is 38.4 Å². The summed E-state index contributed by atoms with van der Waals surface area (Å²) in [5.74, 6) is 1.05. The van der Waals surface area contributed by atoms with Gasteiger partial charge in [0.2, 0.25) is 5.91 Å². The van der Waals surface area contributed by atoms with Gasteiger partial charge in [0, 0.05) is 31.0 Å². The van der Waals surface area contributed by atoms with Crippen LogP contribution >= 0.6 is 11.8 Å². The first-order valence-corrected chi connectivity index (χ1v) is 9.79. The van der Waals surface area contributed by atoms with Crippen molar-refractivity contribution in [2.45, 2.75) is 37.6 Å². The molecule has 0 spiro atoms. The lowest BCUT2D eigenvalue weighted by atomic mass is 9.95. The van der Waals surface area contributed by atoms with E-state index in [-0.39, 0.29) is 5.91 Å². The average Bonchev–Trinajstić information content (AvgIpc) is 2.58. The van der Waals surface area contributed by atoms with Gasteiger partial charge in [0.1, 0.15) is 0 Å². The van der Waals surface area contributed by atoms with E-state index in [1.54, 1.807) is 11.8 Å². The SMILES string of the molecule is CCNC(=NCc1ccc(SC)cc1)N1CCCC(CC(N)=O)C1. The molecule has 1 fully saturated rings. The van der Waals surface area contributed by atoms with Crippen LogP contribution in [0.5, 0.6) is 0 Å². The number of hydrogen-bond acceptors (Lipinski definition) is 3. The number of guanidine groups is 1. The highest BCUT2D eigenvalue weighted by molar-refractivity contribution is 7.98. The minimum atomic E-state index is -0.210. The molecule has 3 N–H and O–H groups in total. The normalized spacial score (nSPS) is 18.5. The third kappa shape index (κ3) is 5.74. The first kappa shape index (κ1) is 18.6. The van der Waals surface area contributed by atoms with Crippen LogP contribution in [-0.2, 0) is 11.3 Å². The molecule has 0 radical (unpaired) electrons. The third-order valence-corrected chi connectivity index (χ3v) is 4.96. The Hall–Kier alpha value is -1.69. The molecule has 1 aliphatic heterocycles. The summed E-state index contributed by atoms with van der Waals surface area (Å²) in [4.78, 5) is 19.5. The topological polar surface area (TPSA) is 70.7 Å². The second-order valence-electron chi connectivity index (χ2n) is 6.14. The van der Waals surface area contributed by atoms with Crippen molar-refractivity contribution in [3.05, 3.63) is 29.8 Å². The molecule has 1 heterocycles. The Bertz CT molecular complexity index is 559. The van der Waals surface area contributed by atoms with E-state index in [9.17, 15) is 4.79 Å². The second kappa shape index (κ2) is 9.57. The average molecular weight is 349 g/mol. The van der Waals surface area contributed by atoms with Gasteiger partial charge in [-0.1, -0.05) is 12.1 Å². The molecule has 6 heteroatoms. The van der Waals surface area contributed by atoms with E-state index in [1.807, 2.05) is 0 Å². The van der Waals surface area contributed by atoms with Crippen LogP contribution in [0.1, 0.15) is 31.7 Å². The largest absolute Gasteiger partial charge is 0.370 e. The zero-order valence-electron chi connectivity index (χ0n) is 14.6. The van der Waals surface area contributed by atoms with Crippen molar-refractivity contribution in [3.8, 4) is 0 Å². The van der Waals surface area contributed by atoms with Crippen molar-refractivity contribution in [1.82, 2.24) is 10.2 Å². The molecule has 1 atom stereocenters. The fourth-order valence-corrected chi connectivity index (χ4v) is 3.44. The fraction of sp³-hybridized carbons (Fsp3) is 0.556. The number of nitrogens with one attached hydrogen (secondary N) is 1. The number of rotatable bonds is 6. The van der Waals surface area contributed by atoms with Crippen LogP contribution in [0.3, 0.4) is 0 Å². The maximum Gasteiger partial charge on any atom is 0.217 e. The number of thioether (sulfide) groups is 1. The van der Waals surface area contributed by atoms with Crippen molar-refractivity contribution in [1.29, 1.82) is 0 Å². The molecule has 24 heavy (non-hydrogen) atoms. The number of likely N-dealkylation sites (tertiary alicyclic amines) is 1. The van der Waals surface area contributed by atoms with Crippen molar-refractivity contribution in [3.63, 3.8) is 0 Å². The molecule has 0 saturated carbocycles.